The van der Waals surface area contributed by atoms with Crippen LogP contribution in [0, 0.1) is 6.92 Å². The molecule has 0 atom stereocenters. The van der Waals surface area contributed by atoms with Gasteiger partial charge < -0.3 is 11.1 Å². The minimum atomic E-state index is 0.253. The molecule has 0 spiro atoms. The van der Waals surface area contributed by atoms with Gasteiger partial charge in [-0.25, -0.2) is 9.97 Å². The van der Waals surface area contributed by atoms with E-state index in [0.29, 0.717) is 11.6 Å². The molecule has 0 aliphatic carbocycles. The summed E-state index contributed by atoms with van der Waals surface area (Å²) in [6, 6.07) is 11.5. The monoisotopic (exact) mass is 295 g/mol. The summed E-state index contributed by atoms with van der Waals surface area (Å²) in [4.78, 5) is 13.3. The molecular formula is C15H13N5S. The van der Waals surface area contributed by atoms with Crippen LogP contribution < -0.4 is 11.1 Å². The summed E-state index contributed by atoms with van der Waals surface area (Å²) in [6.45, 7) is 1.87. The van der Waals surface area contributed by atoms with Gasteiger partial charge in [-0.05, 0) is 37.3 Å². The maximum absolute atomic E-state index is 5.64. The largest absolute Gasteiger partial charge is 0.388 e. The summed E-state index contributed by atoms with van der Waals surface area (Å²) in [5.74, 6) is 0.467. The van der Waals surface area contributed by atoms with E-state index in [-0.39, 0.29) is 4.99 Å². The van der Waals surface area contributed by atoms with Gasteiger partial charge in [0, 0.05) is 17.3 Å². The average Bonchev–Trinajstić information content (AvgIpc) is 2.47. The normalized spacial score (nSPS) is 10.5. The zero-order valence-corrected chi connectivity index (χ0v) is 12.2. The van der Waals surface area contributed by atoms with Gasteiger partial charge in [-0.15, -0.1) is 0 Å². The molecule has 2 heterocycles. The summed E-state index contributed by atoms with van der Waals surface area (Å²) in [7, 11) is 0. The number of pyridine rings is 1. The third-order valence-corrected chi connectivity index (χ3v) is 3.21. The number of benzene rings is 1. The second-order valence-corrected chi connectivity index (χ2v) is 5.02. The quantitative estimate of drug-likeness (QED) is 0.724. The Morgan fingerprint density at radius 2 is 2.05 bits per heavy atom. The van der Waals surface area contributed by atoms with Gasteiger partial charge in [0.05, 0.1) is 11.2 Å². The first-order chi connectivity index (χ1) is 10.1. The average molecular weight is 295 g/mol. The van der Waals surface area contributed by atoms with Crippen LogP contribution in [0.5, 0.6) is 0 Å². The molecule has 0 bridgehead atoms. The van der Waals surface area contributed by atoms with Gasteiger partial charge in [-0.1, -0.05) is 18.3 Å². The molecule has 0 saturated carbocycles. The Balaban J connectivity index is 2.05. The fourth-order valence-electron chi connectivity index (χ4n) is 2.08. The number of anilines is 2. The lowest BCUT2D eigenvalue weighted by molar-refractivity contribution is 1.09. The molecule has 0 aliphatic heterocycles. The lowest BCUT2D eigenvalue weighted by Gasteiger charge is -2.09. The zero-order valence-electron chi connectivity index (χ0n) is 11.4. The molecule has 6 heteroatoms. The molecule has 3 aromatic rings. The summed E-state index contributed by atoms with van der Waals surface area (Å²) in [5, 5.41) is 4.21. The van der Waals surface area contributed by atoms with Crippen molar-refractivity contribution in [3.05, 3.63) is 54.0 Å². The maximum atomic E-state index is 5.64. The highest BCUT2D eigenvalue weighted by molar-refractivity contribution is 7.80. The van der Waals surface area contributed by atoms with Crippen LogP contribution in [0.2, 0.25) is 0 Å². The van der Waals surface area contributed by atoms with Crippen molar-refractivity contribution in [2.24, 2.45) is 5.73 Å². The van der Waals surface area contributed by atoms with Crippen LogP contribution in [-0.4, -0.2) is 19.9 Å². The van der Waals surface area contributed by atoms with Crippen LogP contribution in [0.4, 0.5) is 11.6 Å². The van der Waals surface area contributed by atoms with E-state index < -0.39 is 0 Å². The molecular weight excluding hydrogens is 282 g/mol. The maximum Gasteiger partial charge on any atom is 0.228 e. The van der Waals surface area contributed by atoms with Crippen molar-refractivity contribution in [1.29, 1.82) is 0 Å². The lowest BCUT2D eigenvalue weighted by atomic mass is 10.2. The number of rotatable bonds is 3. The van der Waals surface area contributed by atoms with E-state index in [1.807, 2.05) is 37.3 Å². The fraction of sp³-hybridized carbons (Fsp3) is 0.0667. The molecule has 0 fully saturated rings. The van der Waals surface area contributed by atoms with Gasteiger partial charge in [0.2, 0.25) is 5.95 Å². The molecule has 5 nitrogen and oxygen atoms in total. The van der Waals surface area contributed by atoms with Crippen molar-refractivity contribution in [3.63, 3.8) is 0 Å². The molecule has 2 aromatic heterocycles. The number of nitrogens with one attached hydrogen (secondary N) is 1. The Labute approximate surface area is 127 Å². The smallest absolute Gasteiger partial charge is 0.228 e. The summed E-state index contributed by atoms with van der Waals surface area (Å²) in [5.41, 5.74) is 8.79. The highest BCUT2D eigenvalue weighted by atomic mass is 32.1. The van der Waals surface area contributed by atoms with E-state index in [2.05, 4.69) is 20.3 Å². The Kier molecular flexibility index (Phi) is 3.45. The second-order valence-electron chi connectivity index (χ2n) is 4.58. The van der Waals surface area contributed by atoms with Crippen LogP contribution in [-0.2, 0) is 0 Å². The van der Waals surface area contributed by atoms with Gasteiger partial charge in [0.1, 0.15) is 10.7 Å². The number of nitrogens with zero attached hydrogens (tertiary/aromatic N) is 3. The first-order valence-electron chi connectivity index (χ1n) is 6.40. The molecule has 0 radical (unpaired) electrons. The van der Waals surface area contributed by atoms with E-state index in [4.69, 9.17) is 18.0 Å². The van der Waals surface area contributed by atoms with Crippen LogP contribution >= 0.6 is 12.2 Å². The summed E-state index contributed by atoms with van der Waals surface area (Å²) >= 11 is 4.97. The van der Waals surface area contributed by atoms with E-state index >= 15 is 0 Å². The molecule has 1 aromatic carbocycles. The Morgan fingerprint density at radius 3 is 2.86 bits per heavy atom. The minimum Gasteiger partial charge on any atom is -0.388 e. The van der Waals surface area contributed by atoms with E-state index in [1.54, 1.807) is 12.3 Å². The summed E-state index contributed by atoms with van der Waals surface area (Å²) in [6.07, 6.45) is 1.76. The molecule has 0 unspecified atom stereocenters. The fourth-order valence-corrected chi connectivity index (χ4v) is 2.19. The van der Waals surface area contributed by atoms with Crippen LogP contribution in [0.3, 0.4) is 0 Å². The van der Waals surface area contributed by atoms with Crippen LogP contribution in [0.15, 0.2) is 42.6 Å². The lowest BCUT2D eigenvalue weighted by Crippen LogP contribution is -2.13. The van der Waals surface area contributed by atoms with Crippen LogP contribution in [0.25, 0.3) is 10.9 Å². The first kappa shape index (κ1) is 13.4. The van der Waals surface area contributed by atoms with Crippen molar-refractivity contribution in [2.45, 2.75) is 6.92 Å². The van der Waals surface area contributed by atoms with E-state index in [1.165, 1.54) is 0 Å². The number of thiocarbonyl (C=S) groups is 1. The molecule has 104 valence electrons. The minimum absolute atomic E-state index is 0.253. The van der Waals surface area contributed by atoms with Crippen molar-refractivity contribution in [3.8, 4) is 0 Å². The standard InChI is InChI=1S/C15H13N5S/c1-9-8-13(14(16)21)20-15(18-9)19-12-6-2-5-11-10(12)4-3-7-17-11/h2-8H,1H3,(H2,16,21)(H,18,19,20). The molecule has 3 N–H and O–H groups in total. The molecule has 0 saturated heterocycles. The van der Waals surface area contributed by atoms with Crippen molar-refractivity contribution >= 4 is 39.7 Å². The molecule has 3 rings (SSSR count). The van der Waals surface area contributed by atoms with Crippen molar-refractivity contribution in [1.82, 2.24) is 15.0 Å². The summed E-state index contributed by atoms with van der Waals surface area (Å²) < 4.78 is 0. The number of aryl methyl sites for hydroxylation is 1. The Morgan fingerprint density at radius 1 is 1.19 bits per heavy atom. The number of nitrogens with two attached hydrogens (primary N) is 1. The number of aromatic nitrogens is 3. The second kappa shape index (κ2) is 5.41. The van der Waals surface area contributed by atoms with E-state index in [0.717, 1.165) is 22.3 Å². The number of fused-ring (bicyclic) bond motifs is 1. The van der Waals surface area contributed by atoms with Crippen molar-refractivity contribution in [2.75, 3.05) is 5.32 Å². The third kappa shape index (κ3) is 2.80. The van der Waals surface area contributed by atoms with Gasteiger partial charge >= 0.3 is 0 Å². The topological polar surface area (TPSA) is 76.7 Å². The predicted octanol–water partition coefficient (Wildman–Crippen LogP) is 2.71. The zero-order chi connectivity index (χ0) is 14.8. The van der Waals surface area contributed by atoms with Gasteiger partial charge in [-0.2, -0.15) is 0 Å². The highest BCUT2D eigenvalue weighted by Crippen LogP contribution is 2.23. The highest BCUT2D eigenvalue weighted by Gasteiger charge is 2.07. The molecule has 0 aliphatic rings. The molecule has 0 amide bonds. The van der Waals surface area contributed by atoms with Gasteiger partial charge in [0.25, 0.3) is 0 Å². The molecule has 21 heavy (non-hydrogen) atoms. The Hall–Kier alpha value is -2.60. The van der Waals surface area contributed by atoms with Crippen molar-refractivity contribution < 1.29 is 0 Å². The van der Waals surface area contributed by atoms with E-state index in [9.17, 15) is 0 Å². The predicted molar refractivity (Wildman–Crippen MR) is 87.7 cm³/mol. The van der Waals surface area contributed by atoms with Gasteiger partial charge in [-0.3, -0.25) is 4.98 Å². The Bertz CT molecular complexity index is 826. The third-order valence-electron chi connectivity index (χ3n) is 3.00. The number of hydrogen-bond acceptors (Lipinski definition) is 5. The number of hydrogen-bond donors (Lipinski definition) is 2. The van der Waals surface area contributed by atoms with Crippen LogP contribution in [0.1, 0.15) is 11.4 Å². The first-order valence-corrected chi connectivity index (χ1v) is 6.80. The van der Waals surface area contributed by atoms with Gasteiger partial charge in [0.15, 0.2) is 0 Å². The SMILES string of the molecule is Cc1cc(C(N)=S)nc(Nc2cccc3ncccc23)n1.